The summed E-state index contributed by atoms with van der Waals surface area (Å²) < 4.78 is 0. The summed E-state index contributed by atoms with van der Waals surface area (Å²) in [5.41, 5.74) is 9.36. The molecule has 49 heavy (non-hydrogen) atoms. The third-order valence-electron chi connectivity index (χ3n) is 10.7. The lowest BCUT2D eigenvalue weighted by molar-refractivity contribution is -0.119. The highest BCUT2D eigenvalue weighted by Gasteiger charge is 2.49. The summed E-state index contributed by atoms with van der Waals surface area (Å²) in [7, 11) is 0. The molecule has 1 heterocycles. The van der Waals surface area contributed by atoms with E-state index in [1.807, 2.05) is 18.2 Å². The quantitative estimate of drug-likeness (QED) is 0.152. The van der Waals surface area contributed by atoms with Crippen LogP contribution in [0.4, 0.5) is 5.69 Å². The van der Waals surface area contributed by atoms with Crippen LogP contribution in [0.25, 0.3) is 0 Å². The van der Waals surface area contributed by atoms with E-state index in [0.29, 0.717) is 12.8 Å². The van der Waals surface area contributed by atoms with Gasteiger partial charge in [0.15, 0.2) is 0 Å². The van der Waals surface area contributed by atoms with Gasteiger partial charge in [-0.3, -0.25) is 4.79 Å². The van der Waals surface area contributed by atoms with E-state index in [1.54, 1.807) is 0 Å². The molecule has 1 aliphatic heterocycles. The molecule has 0 spiro atoms. The molecule has 0 saturated heterocycles. The highest BCUT2D eigenvalue weighted by Crippen LogP contribution is 2.53. The first-order valence-electron chi connectivity index (χ1n) is 17.5. The zero-order valence-corrected chi connectivity index (χ0v) is 29.1. The van der Waals surface area contributed by atoms with Gasteiger partial charge in [0.1, 0.15) is 0 Å². The molecule has 0 unspecified atom stereocenters. The van der Waals surface area contributed by atoms with Crippen LogP contribution in [0.3, 0.4) is 0 Å². The van der Waals surface area contributed by atoms with E-state index < -0.39 is 11.0 Å². The lowest BCUT2D eigenvalue weighted by Gasteiger charge is -2.52. The van der Waals surface area contributed by atoms with Gasteiger partial charge in [-0.2, -0.15) is 0 Å². The highest BCUT2D eigenvalue weighted by atomic mass is 16.2. The monoisotopic (exact) mass is 639 g/mol. The molecule has 244 valence electrons. The summed E-state index contributed by atoms with van der Waals surface area (Å²) >= 11 is 0. The first-order valence-corrected chi connectivity index (χ1v) is 17.5. The summed E-state index contributed by atoms with van der Waals surface area (Å²) in [6, 6.07) is 58.9. The number of anilines is 1. The second kappa shape index (κ2) is 13.0. The smallest absolute Gasteiger partial charge is 0.227 e. The van der Waals surface area contributed by atoms with Crippen LogP contribution < -0.4 is 4.90 Å². The van der Waals surface area contributed by atoms with Gasteiger partial charge in [0, 0.05) is 23.1 Å². The fourth-order valence-electron chi connectivity index (χ4n) is 8.49. The van der Waals surface area contributed by atoms with E-state index in [0.717, 1.165) is 12.1 Å². The number of rotatable bonds is 8. The van der Waals surface area contributed by atoms with Crippen molar-refractivity contribution in [1.29, 1.82) is 0 Å². The Labute approximate surface area is 292 Å². The number of carbonyl (C=O) groups excluding carboxylic acids is 1. The molecule has 0 radical (unpaired) electrons. The number of benzene rings is 6. The van der Waals surface area contributed by atoms with Crippen LogP contribution in [0, 0.1) is 6.92 Å². The number of carbonyl (C=O) groups is 1. The average molecular weight is 640 g/mol. The van der Waals surface area contributed by atoms with Crippen molar-refractivity contribution in [3.63, 3.8) is 0 Å². The molecule has 0 N–H and O–H groups in total. The van der Waals surface area contributed by atoms with Gasteiger partial charge in [-0.1, -0.05) is 170 Å². The largest absolute Gasteiger partial charge is 0.307 e. The van der Waals surface area contributed by atoms with Crippen molar-refractivity contribution in [2.75, 3.05) is 4.90 Å². The van der Waals surface area contributed by atoms with Crippen molar-refractivity contribution >= 4 is 11.6 Å². The molecule has 0 aliphatic carbocycles. The number of fused-ring (bicyclic) bond motifs is 1. The Hall–Kier alpha value is -5.21. The van der Waals surface area contributed by atoms with Gasteiger partial charge in [0.05, 0.1) is 5.41 Å². The maximum absolute atomic E-state index is 14.4. The van der Waals surface area contributed by atoms with Gasteiger partial charge < -0.3 is 4.90 Å². The third kappa shape index (κ3) is 5.80. The number of hydrogen-bond acceptors (Lipinski definition) is 1. The lowest BCUT2D eigenvalue weighted by Crippen LogP contribution is -2.56. The van der Waals surface area contributed by atoms with E-state index in [2.05, 4.69) is 178 Å². The first kappa shape index (κ1) is 32.3. The molecule has 1 atom stereocenters. The maximum atomic E-state index is 14.4. The predicted molar refractivity (Wildman–Crippen MR) is 203 cm³/mol. The fraction of sp³-hybridized carbons (Fsp3) is 0.213. The highest BCUT2D eigenvalue weighted by molar-refractivity contribution is 5.97. The SMILES string of the molecule is Cc1ccc([C@@]2(C)CC(C)(C)N(C(=O)CCc3ccccc3)c3ccc(C(c4ccccc4)(c4ccccc4)c4ccccc4)cc32)cc1. The number of aryl methyl sites for hydroxylation is 2. The lowest BCUT2D eigenvalue weighted by atomic mass is 9.61. The number of hydrogen-bond donors (Lipinski definition) is 0. The van der Waals surface area contributed by atoms with E-state index in [-0.39, 0.29) is 11.3 Å². The summed E-state index contributed by atoms with van der Waals surface area (Å²) in [5.74, 6) is 0.161. The topological polar surface area (TPSA) is 20.3 Å². The maximum Gasteiger partial charge on any atom is 0.227 e. The van der Waals surface area contributed by atoms with E-state index in [4.69, 9.17) is 0 Å². The van der Waals surface area contributed by atoms with Crippen molar-refractivity contribution < 1.29 is 4.79 Å². The molecule has 6 aromatic carbocycles. The molecule has 0 fully saturated rings. The Kier molecular flexibility index (Phi) is 8.59. The molecule has 2 heteroatoms. The van der Waals surface area contributed by atoms with E-state index in [9.17, 15) is 4.79 Å². The van der Waals surface area contributed by atoms with E-state index in [1.165, 1.54) is 44.5 Å². The summed E-state index contributed by atoms with van der Waals surface area (Å²) in [4.78, 5) is 16.5. The van der Waals surface area contributed by atoms with Gasteiger partial charge in [-0.15, -0.1) is 0 Å². The minimum absolute atomic E-state index is 0.161. The summed E-state index contributed by atoms with van der Waals surface area (Å²) in [6.45, 7) is 8.99. The van der Waals surface area contributed by atoms with Crippen molar-refractivity contribution in [3.05, 3.63) is 208 Å². The van der Waals surface area contributed by atoms with Crippen LogP contribution in [0.15, 0.2) is 164 Å². The first-order chi connectivity index (χ1) is 23.7. The van der Waals surface area contributed by atoms with Crippen molar-refractivity contribution in [3.8, 4) is 0 Å². The van der Waals surface area contributed by atoms with Crippen molar-refractivity contribution in [2.24, 2.45) is 0 Å². The van der Waals surface area contributed by atoms with Crippen LogP contribution >= 0.6 is 0 Å². The molecule has 0 aromatic heterocycles. The Morgan fingerprint density at radius 3 is 1.61 bits per heavy atom. The third-order valence-corrected chi connectivity index (χ3v) is 10.7. The molecular weight excluding hydrogens is 595 g/mol. The molecule has 0 saturated carbocycles. The Morgan fingerprint density at radius 2 is 1.10 bits per heavy atom. The standard InChI is InChI=1S/C47H45NO/c1-35-25-28-37(29-26-35)46(4)34-45(2,3)48(44(49)32-27-36-17-9-5-10-18-36)43-31-30-41(33-42(43)46)47(38-19-11-6-12-20-38,39-21-13-7-14-22-39)40-23-15-8-16-24-40/h5-26,28-31,33H,27,32,34H2,1-4H3/t46-/m1/s1. The number of nitrogens with zero attached hydrogens (tertiary/aromatic N) is 1. The molecule has 2 nitrogen and oxygen atoms in total. The van der Waals surface area contributed by atoms with Crippen molar-refractivity contribution in [1.82, 2.24) is 0 Å². The second-order valence-electron chi connectivity index (χ2n) is 14.5. The summed E-state index contributed by atoms with van der Waals surface area (Å²) in [6.07, 6.45) is 1.97. The van der Waals surface area contributed by atoms with Gasteiger partial charge >= 0.3 is 0 Å². The van der Waals surface area contributed by atoms with Crippen LogP contribution in [0.2, 0.25) is 0 Å². The zero-order chi connectivity index (χ0) is 34.1. The van der Waals surface area contributed by atoms with Gasteiger partial charge in [-0.05, 0) is 78.6 Å². The summed E-state index contributed by atoms with van der Waals surface area (Å²) in [5, 5.41) is 0. The van der Waals surface area contributed by atoms with Gasteiger partial charge in [0.2, 0.25) is 5.91 Å². The minimum atomic E-state index is -0.581. The van der Waals surface area contributed by atoms with Crippen LogP contribution in [0.5, 0.6) is 0 Å². The molecule has 1 amide bonds. The van der Waals surface area contributed by atoms with Crippen molar-refractivity contribution in [2.45, 2.75) is 63.3 Å². The molecule has 0 bridgehead atoms. The molecule has 1 aliphatic rings. The second-order valence-corrected chi connectivity index (χ2v) is 14.5. The van der Waals surface area contributed by atoms with Crippen LogP contribution in [-0.4, -0.2) is 11.4 Å². The van der Waals surface area contributed by atoms with E-state index >= 15 is 0 Å². The molecular formula is C47H45NO. The predicted octanol–water partition coefficient (Wildman–Crippen LogP) is 10.8. The Bertz CT molecular complexity index is 1940. The van der Waals surface area contributed by atoms with Gasteiger partial charge in [0.25, 0.3) is 0 Å². The van der Waals surface area contributed by atoms with Crippen LogP contribution in [0.1, 0.15) is 78.1 Å². The minimum Gasteiger partial charge on any atom is -0.307 e. The van der Waals surface area contributed by atoms with Gasteiger partial charge in [-0.25, -0.2) is 0 Å². The Balaban J connectivity index is 1.48. The number of amides is 1. The van der Waals surface area contributed by atoms with Crippen LogP contribution in [-0.2, 0) is 22.0 Å². The average Bonchev–Trinajstić information content (AvgIpc) is 3.13. The Morgan fingerprint density at radius 1 is 0.612 bits per heavy atom. The molecule has 7 rings (SSSR count). The fourth-order valence-corrected chi connectivity index (χ4v) is 8.49. The zero-order valence-electron chi connectivity index (χ0n) is 29.1. The normalized spacial score (nSPS) is 16.9. The molecule has 6 aromatic rings.